The van der Waals surface area contributed by atoms with Crippen LogP contribution in [0.1, 0.15) is 25.3 Å². The Morgan fingerprint density at radius 3 is 2.79 bits per heavy atom. The number of nitrogens with zero attached hydrogens (tertiary/aromatic N) is 1. The molecule has 0 heterocycles. The van der Waals surface area contributed by atoms with Crippen molar-refractivity contribution in [1.29, 1.82) is 5.26 Å². The van der Waals surface area contributed by atoms with Crippen molar-refractivity contribution in [2.45, 2.75) is 32.7 Å². The lowest BCUT2D eigenvalue weighted by atomic mass is 10.2. The Balaban J connectivity index is 2.62. The quantitative estimate of drug-likeness (QED) is 0.855. The van der Waals surface area contributed by atoms with Gasteiger partial charge < -0.3 is 15.4 Å². The zero-order valence-corrected chi connectivity index (χ0v) is 11.5. The molecule has 1 aromatic rings. The van der Waals surface area contributed by atoms with Crippen LogP contribution in [-0.2, 0) is 0 Å². The molecule has 0 radical (unpaired) electrons. The molecule has 0 fully saturated rings. The van der Waals surface area contributed by atoms with Crippen molar-refractivity contribution in [1.82, 2.24) is 5.32 Å². The Kier molecular flexibility index (Phi) is 5.68. The van der Waals surface area contributed by atoms with Gasteiger partial charge in [-0.1, -0.05) is 6.92 Å². The lowest BCUT2D eigenvalue weighted by molar-refractivity contribution is 0.248. The van der Waals surface area contributed by atoms with Gasteiger partial charge in [-0.2, -0.15) is 5.26 Å². The number of nitrogens with one attached hydrogen (secondary N) is 2. The van der Waals surface area contributed by atoms with E-state index in [1.807, 2.05) is 19.9 Å². The molecule has 19 heavy (non-hydrogen) atoms. The number of rotatable bonds is 5. The zero-order valence-electron chi connectivity index (χ0n) is 11.5. The van der Waals surface area contributed by atoms with Crippen LogP contribution in [0.2, 0.25) is 0 Å². The number of ether oxygens (including phenoxy) is 1. The molecule has 1 unspecified atom stereocenters. The molecule has 0 bridgehead atoms. The van der Waals surface area contributed by atoms with Crippen molar-refractivity contribution in [2.75, 3.05) is 12.4 Å². The van der Waals surface area contributed by atoms with Gasteiger partial charge in [0.05, 0.1) is 19.6 Å². The number of nitriles is 1. The second-order valence-electron chi connectivity index (χ2n) is 4.25. The van der Waals surface area contributed by atoms with Crippen LogP contribution in [0.25, 0.3) is 0 Å². The van der Waals surface area contributed by atoms with Gasteiger partial charge in [-0.15, -0.1) is 0 Å². The molecule has 1 aromatic carbocycles. The SMILES string of the molecule is CCC(CC#N)NC(=O)Nc1ccc(OC)c(C)c1. The minimum atomic E-state index is -0.299. The summed E-state index contributed by atoms with van der Waals surface area (Å²) >= 11 is 0. The van der Waals surface area contributed by atoms with Gasteiger partial charge in [0.15, 0.2) is 0 Å². The van der Waals surface area contributed by atoms with E-state index in [1.54, 1.807) is 19.2 Å². The largest absolute Gasteiger partial charge is 0.496 e. The molecule has 0 aliphatic rings. The van der Waals surface area contributed by atoms with Crippen LogP contribution in [0.3, 0.4) is 0 Å². The lowest BCUT2D eigenvalue weighted by Crippen LogP contribution is -2.37. The van der Waals surface area contributed by atoms with Crippen LogP contribution in [0, 0.1) is 18.3 Å². The van der Waals surface area contributed by atoms with Gasteiger partial charge in [-0.25, -0.2) is 4.79 Å². The summed E-state index contributed by atoms with van der Waals surface area (Å²) in [5, 5.41) is 14.1. The van der Waals surface area contributed by atoms with E-state index < -0.39 is 0 Å². The molecule has 5 nitrogen and oxygen atoms in total. The molecular weight excluding hydrogens is 242 g/mol. The number of urea groups is 1. The highest BCUT2D eigenvalue weighted by molar-refractivity contribution is 5.89. The number of benzene rings is 1. The molecule has 0 saturated heterocycles. The molecule has 0 saturated carbocycles. The molecule has 0 aliphatic carbocycles. The fourth-order valence-corrected chi connectivity index (χ4v) is 1.72. The minimum absolute atomic E-state index is 0.121. The third kappa shape index (κ3) is 4.51. The molecule has 5 heteroatoms. The van der Waals surface area contributed by atoms with Crippen molar-refractivity contribution in [2.24, 2.45) is 0 Å². The third-order valence-corrected chi connectivity index (χ3v) is 2.82. The standard InChI is InChI=1S/C14H19N3O2/c1-4-11(7-8-15)16-14(18)17-12-5-6-13(19-3)10(2)9-12/h5-6,9,11H,4,7H2,1-3H3,(H2,16,17,18). The maximum atomic E-state index is 11.8. The van der Waals surface area contributed by atoms with Crippen LogP contribution in [-0.4, -0.2) is 19.2 Å². The Labute approximate surface area is 113 Å². The van der Waals surface area contributed by atoms with E-state index in [-0.39, 0.29) is 12.1 Å². The summed E-state index contributed by atoms with van der Waals surface area (Å²) in [5.41, 5.74) is 1.65. The first-order chi connectivity index (χ1) is 9.10. The van der Waals surface area contributed by atoms with Crippen molar-refractivity contribution >= 4 is 11.7 Å². The van der Waals surface area contributed by atoms with E-state index in [0.29, 0.717) is 12.1 Å². The molecule has 0 spiro atoms. The molecule has 102 valence electrons. The number of amides is 2. The highest BCUT2D eigenvalue weighted by Crippen LogP contribution is 2.21. The monoisotopic (exact) mass is 261 g/mol. The number of anilines is 1. The van der Waals surface area contributed by atoms with E-state index in [0.717, 1.165) is 17.7 Å². The second kappa shape index (κ2) is 7.27. The van der Waals surface area contributed by atoms with Crippen LogP contribution in [0.15, 0.2) is 18.2 Å². The third-order valence-electron chi connectivity index (χ3n) is 2.82. The average Bonchev–Trinajstić information content (AvgIpc) is 2.38. The van der Waals surface area contributed by atoms with Gasteiger partial charge in [-0.05, 0) is 37.1 Å². The molecule has 1 rings (SSSR count). The summed E-state index contributed by atoms with van der Waals surface area (Å²) < 4.78 is 5.15. The fraction of sp³-hybridized carbons (Fsp3) is 0.429. The lowest BCUT2D eigenvalue weighted by Gasteiger charge is -2.15. The van der Waals surface area contributed by atoms with E-state index >= 15 is 0 Å². The summed E-state index contributed by atoms with van der Waals surface area (Å²) in [4.78, 5) is 11.8. The first-order valence-electron chi connectivity index (χ1n) is 6.19. The molecule has 1 atom stereocenters. The van der Waals surface area contributed by atoms with Gasteiger partial charge in [0.1, 0.15) is 5.75 Å². The molecule has 0 aromatic heterocycles. The predicted octanol–water partition coefficient (Wildman–Crippen LogP) is 2.82. The number of carbonyl (C=O) groups is 1. The number of carbonyl (C=O) groups excluding carboxylic acids is 1. The van der Waals surface area contributed by atoms with Crippen LogP contribution >= 0.6 is 0 Å². The normalized spacial score (nSPS) is 11.3. The average molecular weight is 261 g/mol. The van der Waals surface area contributed by atoms with E-state index in [2.05, 4.69) is 16.7 Å². The Bertz CT molecular complexity index is 480. The Hall–Kier alpha value is -2.22. The van der Waals surface area contributed by atoms with Crippen molar-refractivity contribution in [3.63, 3.8) is 0 Å². The first kappa shape index (κ1) is 14.8. The first-order valence-corrected chi connectivity index (χ1v) is 6.19. The highest BCUT2D eigenvalue weighted by Gasteiger charge is 2.10. The predicted molar refractivity (Wildman–Crippen MR) is 74.2 cm³/mol. The van der Waals surface area contributed by atoms with Gasteiger partial charge in [0.25, 0.3) is 0 Å². The van der Waals surface area contributed by atoms with Gasteiger partial charge >= 0.3 is 6.03 Å². The Morgan fingerprint density at radius 2 is 2.26 bits per heavy atom. The highest BCUT2D eigenvalue weighted by atomic mass is 16.5. The van der Waals surface area contributed by atoms with E-state index in [4.69, 9.17) is 10.00 Å². The minimum Gasteiger partial charge on any atom is -0.496 e. The van der Waals surface area contributed by atoms with Crippen molar-refractivity contribution in [3.8, 4) is 11.8 Å². The van der Waals surface area contributed by atoms with E-state index in [1.165, 1.54) is 0 Å². The zero-order chi connectivity index (χ0) is 14.3. The number of hydrogen-bond donors (Lipinski definition) is 2. The smallest absolute Gasteiger partial charge is 0.319 e. The maximum absolute atomic E-state index is 11.8. The van der Waals surface area contributed by atoms with Gasteiger partial charge in [-0.3, -0.25) is 0 Å². The van der Waals surface area contributed by atoms with Gasteiger partial charge in [0.2, 0.25) is 0 Å². The molecule has 2 N–H and O–H groups in total. The summed E-state index contributed by atoms with van der Waals surface area (Å²) in [6.07, 6.45) is 1.04. The summed E-state index contributed by atoms with van der Waals surface area (Å²) in [6, 6.07) is 7.05. The van der Waals surface area contributed by atoms with Crippen molar-refractivity contribution < 1.29 is 9.53 Å². The topological polar surface area (TPSA) is 74.2 Å². The van der Waals surface area contributed by atoms with Crippen LogP contribution < -0.4 is 15.4 Å². The molecule has 0 aliphatic heterocycles. The van der Waals surface area contributed by atoms with Crippen LogP contribution in [0.5, 0.6) is 5.75 Å². The van der Waals surface area contributed by atoms with Crippen LogP contribution in [0.4, 0.5) is 10.5 Å². The maximum Gasteiger partial charge on any atom is 0.319 e. The van der Waals surface area contributed by atoms with Gasteiger partial charge in [0, 0.05) is 11.7 Å². The van der Waals surface area contributed by atoms with E-state index in [9.17, 15) is 4.79 Å². The fourth-order valence-electron chi connectivity index (χ4n) is 1.72. The number of aryl methyl sites for hydroxylation is 1. The second-order valence-corrected chi connectivity index (χ2v) is 4.25. The van der Waals surface area contributed by atoms with Crippen molar-refractivity contribution in [3.05, 3.63) is 23.8 Å². The summed E-state index contributed by atoms with van der Waals surface area (Å²) in [6.45, 7) is 3.84. The molecule has 2 amide bonds. The number of methoxy groups -OCH3 is 1. The summed E-state index contributed by atoms with van der Waals surface area (Å²) in [5.74, 6) is 0.780. The summed E-state index contributed by atoms with van der Waals surface area (Å²) in [7, 11) is 1.61. The number of hydrogen-bond acceptors (Lipinski definition) is 3. The molecular formula is C14H19N3O2. The Morgan fingerprint density at radius 1 is 1.53 bits per heavy atom.